The van der Waals surface area contributed by atoms with E-state index in [0.717, 1.165) is 33.2 Å². The molecule has 0 aliphatic carbocycles. The number of nitrogens with zero attached hydrogens (tertiary/aromatic N) is 3. The van der Waals surface area contributed by atoms with Crippen LogP contribution in [0.5, 0.6) is 0 Å². The Kier molecular flexibility index (Phi) is 4.88. The van der Waals surface area contributed by atoms with Gasteiger partial charge in [-0.2, -0.15) is 5.10 Å². The van der Waals surface area contributed by atoms with Crippen molar-refractivity contribution in [3.8, 4) is 11.3 Å². The summed E-state index contributed by atoms with van der Waals surface area (Å²) in [6.45, 7) is 4.02. The van der Waals surface area contributed by atoms with Gasteiger partial charge in [-0.05, 0) is 43.7 Å². The van der Waals surface area contributed by atoms with Crippen molar-refractivity contribution in [3.05, 3.63) is 94.6 Å². The third kappa shape index (κ3) is 3.76. The molecule has 2 aromatic heterocycles. The molecule has 2 heterocycles. The molecule has 6 heteroatoms. The Bertz CT molecular complexity index is 1480. The van der Waals surface area contributed by atoms with Crippen molar-refractivity contribution in [3.63, 3.8) is 0 Å². The molecule has 0 saturated heterocycles. The van der Waals surface area contributed by atoms with Crippen molar-refractivity contribution in [2.45, 2.75) is 13.8 Å². The molecule has 5 aromatic rings. The molecule has 3 aromatic carbocycles. The van der Waals surface area contributed by atoms with Crippen molar-refractivity contribution in [2.75, 3.05) is 5.43 Å². The molecule has 0 amide bonds. The van der Waals surface area contributed by atoms with Crippen molar-refractivity contribution >= 4 is 39.3 Å². The Morgan fingerprint density at radius 1 is 0.903 bits per heavy atom. The lowest BCUT2D eigenvalue weighted by Crippen LogP contribution is -2.08. The summed E-state index contributed by atoms with van der Waals surface area (Å²) >= 11 is 6.40. The van der Waals surface area contributed by atoms with Crippen LogP contribution >= 0.6 is 11.6 Å². The first-order valence-corrected chi connectivity index (χ1v) is 10.3. The van der Waals surface area contributed by atoms with Gasteiger partial charge >= 0.3 is 0 Å². The van der Waals surface area contributed by atoms with E-state index in [-0.39, 0.29) is 0 Å². The zero-order valence-electron chi connectivity index (χ0n) is 17.1. The van der Waals surface area contributed by atoms with Gasteiger partial charge in [-0.1, -0.05) is 53.6 Å². The van der Waals surface area contributed by atoms with E-state index in [1.54, 1.807) is 0 Å². The van der Waals surface area contributed by atoms with Gasteiger partial charge in [-0.25, -0.2) is 9.97 Å². The summed E-state index contributed by atoms with van der Waals surface area (Å²) in [5.74, 6) is 1.36. The van der Waals surface area contributed by atoms with Crippen LogP contribution in [0.2, 0.25) is 5.02 Å². The van der Waals surface area contributed by atoms with Crippen LogP contribution in [0.4, 0.5) is 5.82 Å². The van der Waals surface area contributed by atoms with Gasteiger partial charge < -0.3 is 4.42 Å². The average Bonchev–Trinajstić information content (AvgIpc) is 2.79. The van der Waals surface area contributed by atoms with Crippen LogP contribution in [0.3, 0.4) is 0 Å². The molecule has 31 heavy (non-hydrogen) atoms. The quantitative estimate of drug-likeness (QED) is 0.347. The van der Waals surface area contributed by atoms with E-state index in [1.807, 2.05) is 61.5 Å². The smallest absolute Gasteiger partial charge is 0.157 e. The minimum atomic E-state index is 0.634. The van der Waals surface area contributed by atoms with Crippen LogP contribution in [-0.2, 0) is 0 Å². The molecule has 152 valence electrons. The summed E-state index contributed by atoms with van der Waals surface area (Å²) in [7, 11) is 0. The highest BCUT2D eigenvalue weighted by Crippen LogP contribution is 2.26. The SMILES string of the molecule is Cc1ccc(-c2c/c(=N\Nc3ncnc4ccccc34)c3cc(Cl)c(C)cc3o2)cc1. The van der Waals surface area contributed by atoms with Crippen LogP contribution in [0.25, 0.3) is 33.2 Å². The van der Waals surface area contributed by atoms with Gasteiger partial charge in [-0.15, -0.1) is 0 Å². The van der Waals surface area contributed by atoms with E-state index in [9.17, 15) is 0 Å². The lowest BCUT2D eigenvalue weighted by atomic mass is 10.1. The van der Waals surface area contributed by atoms with E-state index < -0.39 is 0 Å². The fourth-order valence-corrected chi connectivity index (χ4v) is 3.61. The second-order valence-corrected chi connectivity index (χ2v) is 7.83. The van der Waals surface area contributed by atoms with Crippen LogP contribution in [0, 0.1) is 13.8 Å². The number of para-hydroxylation sites is 1. The topological polar surface area (TPSA) is 63.3 Å². The highest BCUT2D eigenvalue weighted by molar-refractivity contribution is 6.32. The summed E-state index contributed by atoms with van der Waals surface area (Å²) < 4.78 is 6.21. The predicted octanol–water partition coefficient (Wildman–Crippen LogP) is 6.24. The maximum absolute atomic E-state index is 6.40. The highest BCUT2D eigenvalue weighted by Gasteiger charge is 2.09. The van der Waals surface area contributed by atoms with Gasteiger partial charge in [0.15, 0.2) is 5.82 Å². The van der Waals surface area contributed by atoms with Crippen LogP contribution in [-0.4, -0.2) is 9.97 Å². The number of nitrogens with one attached hydrogen (secondary N) is 1. The Morgan fingerprint density at radius 2 is 1.71 bits per heavy atom. The van der Waals surface area contributed by atoms with Gasteiger partial charge in [0.2, 0.25) is 0 Å². The molecule has 0 aliphatic heterocycles. The molecule has 0 radical (unpaired) electrons. The molecule has 5 nitrogen and oxygen atoms in total. The van der Waals surface area contributed by atoms with Crippen molar-refractivity contribution in [2.24, 2.45) is 5.10 Å². The first kappa shape index (κ1) is 19.3. The largest absolute Gasteiger partial charge is 0.456 e. The second-order valence-electron chi connectivity index (χ2n) is 7.42. The summed E-state index contributed by atoms with van der Waals surface area (Å²) in [6, 6.07) is 21.7. The third-order valence-electron chi connectivity index (χ3n) is 5.19. The number of benzene rings is 3. The number of fused-ring (bicyclic) bond motifs is 2. The van der Waals surface area contributed by atoms with Gasteiger partial charge in [-0.3, -0.25) is 5.43 Å². The Balaban J connectivity index is 1.70. The second kappa shape index (κ2) is 7.85. The first-order valence-electron chi connectivity index (χ1n) is 9.89. The minimum absolute atomic E-state index is 0.634. The van der Waals surface area contributed by atoms with Crippen molar-refractivity contribution in [1.29, 1.82) is 0 Å². The maximum Gasteiger partial charge on any atom is 0.157 e. The van der Waals surface area contributed by atoms with Gasteiger partial charge in [0.1, 0.15) is 17.7 Å². The average molecular weight is 427 g/mol. The monoisotopic (exact) mass is 426 g/mol. The number of aromatic nitrogens is 2. The fourth-order valence-electron chi connectivity index (χ4n) is 3.45. The van der Waals surface area contributed by atoms with Gasteiger partial charge in [0, 0.05) is 27.4 Å². The molecule has 5 rings (SSSR count). The van der Waals surface area contributed by atoms with Gasteiger partial charge in [0.05, 0.1) is 10.9 Å². The number of anilines is 1. The number of hydrogen-bond acceptors (Lipinski definition) is 5. The Morgan fingerprint density at radius 3 is 2.55 bits per heavy atom. The summed E-state index contributed by atoms with van der Waals surface area (Å²) in [5.41, 5.74) is 7.78. The van der Waals surface area contributed by atoms with Crippen LogP contribution in [0.1, 0.15) is 11.1 Å². The summed E-state index contributed by atoms with van der Waals surface area (Å²) in [4.78, 5) is 8.66. The zero-order chi connectivity index (χ0) is 21.4. The standard InChI is InChI=1S/C25H19ClN4O/c1-15-7-9-17(10-8-15)23-13-22(19-12-20(26)16(2)11-24(19)31-23)29-30-25-18-5-3-4-6-21(18)27-14-28-25/h3-14H,1-2H3,(H,27,28,30)/b29-22+. The Hall–Kier alpha value is -3.70. The molecular weight excluding hydrogens is 408 g/mol. The van der Waals surface area contributed by atoms with Crippen molar-refractivity contribution in [1.82, 2.24) is 9.97 Å². The summed E-state index contributed by atoms with van der Waals surface area (Å²) in [5, 5.41) is 7.75. The lowest BCUT2D eigenvalue weighted by Gasteiger charge is -2.08. The van der Waals surface area contributed by atoms with Gasteiger partial charge in [0.25, 0.3) is 0 Å². The zero-order valence-corrected chi connectivity index (χ0v) is 17.8. The van der Waals surface area contributed by atoms with Crippen LogP contribution < -0.4 is 10.8 Å². The molecule has 0 unspecified atom stereocenters. The molecular formula is C25H19ClN4O. The first-order chi connectivity index (χ1) is 15.1. The molecule has 1 N–H and O–H groups in total. The molecule has 0 spiro atoms. The number of halogens is 1. The van der Waals surface area contributed by atoms with Crippen molar-refractivity contribution < 1.29 is 4.42 Å². The van der Waals surface area contributed by atoms with E-state index >= 15 is 0 Å². The van der Waals surface area contributed by atoms with Crippen LogP contribution in [0.15, 0.2) is 82.6 Å². The fraction of sp³-hybridized carbons (Fsp3) is 0.0800. The maximum atomic E-state index is 6.40. The van der Waals surface area contributed by atoms with E-state index in [4.69, 9.17) is 16.0 Å². The lowest BCUT2D eigenvalue weighted by molar-refractivity contribution is 0.618. The predicted molar refractivity (Wildman–Crippen MR) is 125 cm³/mol. The molecule has 0 atom stereocenters. The molecule has 0 saturated carbocycles. The highest BCUT2D eigenvalue weighted by atomic mass is 35.5. The number of aryl methyl sites for hydroxylation is 2. The minimum Gasteiger partial charge on any atom is -0.456 e. The Labute approximate surface area is 184 Å². The molecule has 0 fully saturated rings. The number of rotatable bonds is 3. The van der Waals surface area contributed by atoms with E-state index in [0.29, 0.717) is 21.8 Å². The third-order valence-corrected chi connectivity index (χ3v) is 5.59. The normalized spacial score (nSPS) is 11.9. The summed E-state index contributed by atoms with van der Waals surface area (Å²) in [6.07, 6.45) is 1.52. The number of hydrogen-bond donors (Lipinski definition) is 1. The van der Waals surface area contributed by atoms with E-state index in [2.05, 4.69) is 39.6 Å². The molecule has 0 bridgehead atoms. The van der Waals surface area contributed by atoms with E-state index in [1.165, 1.54) is 11.9 Å². The molecule has 0 aliphatic rings.